The number of hydrogen-bond acceptors (Lipinski definition) is 4. The lowest BCUT2D eigenvalue weighted by Gasteiger charge is -2.24. The zero-order chi connectivity index (χ0) is 13.2. The summed E-state index contributed by atoms with van der Waals surface area (Å²) in [7, 11) is 0. The molecule has 0 bridgehead atoms. The monoisotopic (exact) mass is 325 g/mol. The molecule has 0 atom stereocenters. The zero-order valence-electron chi connectivity index (χ0n) is 10.4. The second-order valence-electron chi connectivity index (χ2n) is 4.67. The van der Waals surface area contributed by atoms with Gasteiger partial charge in [0.15, 0.2) is 0 Å². The first-order chi connectivity index (χ1) is 8.49. The molecule has 0 unspecified atom stereocenters. The average Bonchev–Trinajstić information content (AvgIpc) is 2.85. The van der Waals surface area contributed by atoms with Crippen LogP contribution < -0.4 is 11.1 Å². The molecule has 0 saturated heterocycles. The van der Waals surface area contributed by atoms with E-state index in [0.717, 1.165) is 21.7 Å². The van der Waals surface area contributed by atoms with Crippen LogP contribution in [-0.2, 0) is 12.1 Å². The van der Waals surface area contributed by atoms with Crippen molar-refractivity contribution in [3.8, 4) is 0 Å². The zero-order valence-corrected chi connectivity index (χ0v) is 12.8. The Hall–Kier alpha value is -0.910. The van der Waals surface area contributed by atoms with E-state index in [4.69, 9.17) is 5.73 Å². The van der Waals surface area contributed by atoms with Gasteiger partial charge < -0.3 is 11.1 Å². The van der Waals surface area contributed by atoms with E-state index in [2.05, 4.69) is 46.1 Å². The molecule has 0 amide bonds. The van der Waals surface area contributed by atoms with Crippen LogP contribution in [-0.4, -0.2) is 4.98 Å². The number of thiazole rings is 1. The molecule has 96 valence electrons. The van der Waals surface area contributed by atoms with Gasteiger partial charge in [0, 0.05) is 28.3 Å². The van der Waals surface area contributed by atoms with Crippen molar-refractivity contribution in [2.75, 3.05) is 5.73 Å². The van der Waals surface area contributed by atoms with Crippen molar-refractivity contribution < 1.29 is 0 Å². The average molecular weight is 326 g/mol. The van der Waals surface area contributed by atoms with Gasteiger partial charge in [0.2, 0.25) is 0 Å². The second-order valence-corrected chi connectivity index (χ2v) is 6.42. The van der Waals surface area contributed by atoms with Crippen molar-refractivity contribution in [1.29, 1.82) is 0 Å². The van der Waals surface area contributed by atoms with Gasteiger partial charge in [0.25, 0.3) is 0 Å². The highest BCUT2D eigenvalue weighted by molar-refractivity contribution is 9.10. The van der Waals surface area contributed by atoms with Gasteiger partial charge in [0.1, 0.15) is 5.01 Å². The van der Waals surface area contributed by atoms with Crippen LogP contribution in [0.4, 0.5) is 5.69 Å². The van der Waals surface area contributed by atoms with Gasteiger partial charge in [-0.1, -0.05) is 6.07 Å². The van der Waals surface area contributed by atoms with Gasteiger partial charge in [0.05, 0.1) is 5.54 Å². The van der Waals surface area contributed by atoms with Crippen molar-refractivity contribution >= 4 is 33.0 Å². The maximum atomic E-state index is 5.87. The van der Waals surface area contributed by atoms with Crippen LogP contribution in [0.15, 0.2) is 34.2 Å². The van der Waals surface area contributed by atoms with E-state index in [1.54, 1.807) is 11.3 Å². The summed E-state index contributed by atoms with van der Waals surface area (Å²) in [4.78, 5) is 4.36. The molecule has 18 heavy (non-hydrogen) atoms. The number of nitrogens with two attached hydrogens (primary N) is 1. The minimum atomic E-state index is -0.129. The van der Waals surface area contributed by atoms with Gasteiger partial charge in [-0.15, -0.1) is 11.3 Å². The number of nitrogens with one attached hydrogen (secondary N) is 1. The van der Waals surface area contributed by atoms with E-state index >= 15 is 0 Å². The first-order valence-electron chi connectivity index (χ1n) is 5.68. The van der Waals surface area contributed by atoms with Crippen molar-refractivity contribution in [2.45, 2.75) is 25.9 Å². The van der Waals surface area contributed by atoms with Gasteiger partial charge >= 0.3 is 0 Å². The molecule has 5 heteroatoms. The molecule has 0 saturated carbocycles. The summed E-state index contributed by atoms with van der Waals surface area (Å²) < 4.78 is 0.936. The number of rotatable bonds is 4. The van der Waals surface area contributed by atoms with Crippen LogP contribution in [0, 0.1) is 0 Å². The SMILES string of the molecule is CC(C)(NCc1ccc(Br)c(N)c1)c1nccs1. The molecular formula is C13H16BrN3S. The molecule has 3 nitrogen and oxygen atoms in total. The Morgan fingerprint density at radius 3 is 2.83 bits per heavy atom. The summed E-state index contributed by atoms with van der Waals surface area (Å²) in [6.07, 6.45) is 1.83. The summed E-state index contributed by atoms with van der Waals surface area (Å²) in [5.74, 6) is 0. The minimum Gasteiger partial charge on any atom is -0.398 e. The Morgan fingerprint density at radius 1 is 1.44 bits per heavy atom. The number of nitrogen functional groups attached to an aromatic ring is 1. The summed E-state index contributed by atoms with van der Waals surface area (Å²) in [6.45, 7) is 5.03. The van der Waals surface area contributed by atoms with Gasteiger partial charge in [-0.3, -0.25) is 0 Å². The van der Waals surface area contributed by atoms with Crippen LogP contribution >= 0.6 is 27.3 Å². The normalized spacial score (nSPS) is 11.7. The fraction of sp³-hybridized carbons (Fsp3) is 0.308. The Balaban J connectivity index is 2.05. The Morgan fingerprint density at radius 2 is 2.22 bits per heavy atom. The van der Waals surface area contributed by atoms with Crippen molar-refractivity contribution in [1.82, 2.24) is 10.3 Å². The molecule has 1 heterocycles. The predicted molar refractivity (Wildman–Crippen MR) is 80.5 cm³/mol. The molecular weight excluding hydrogens is 310 g/mol. The fourth-order valence-corrected chi connectivity index (χ4v) is 2.62. The molecule has 0 spiro atoms. The maximum absolute atomic E-state index is 5.87. The number of benzene rings is 1. The van der Waals surface area contributed by atoms with Gasteiger partial charge in [-0.25, -0.2) is 4.98 Å². The van der Waals surface area contributed by atoms with Gasteiger partial charge in [-0.05, 0) is 47.5 Å². The van der Waals surface area contributed by atoms with Crippen LogP contribution in [0.25, 0.3) is 0 Å². The quantitative estimate of drug-likeness (QED) is 0.846. The molecule has 2 rings (SSSR count). The number of anilines is 1. The van der Waals surface area contributed by atoms with Crippen LogP contribution in [0.5, 0.6) is 0 Å². The van der Waals surface area contributed by atoms with Gasteiger partial charge in [-0.2, -0.15) is 0 Å². The largest absolute Gasteiger partial charge is 0.398 e. The number of halogens is 1. The molecule has 1 aromatic carbocycles. The first kappa shape index (κ1) is 13.5. The highest BCUT2D eigenvalue weighted by atomic mass is 79.9. The Kier molecular flexibility index (Phi) is 4.04. The third-order valence-electron chi connectivity index (χ3n) is 2.76. The molecule has 0 aliphatic heterocycles. The van der Waals surface area contributed by atoms with Crippen LogP contribution in [0.1, 0.15) is 24.4 Å². The Labute approximate surface area is 120 Å². The third kappa shape index (κ3) is 3.10. The van der Waals surface area contributed by atoms with Crippen molar-refractivity contribution in [3.05, 3.63) is 44.8 Å². The lowest BCUT2D eigenvalue weighted by Crippen LogP contribution is -2.35. The van der Waals surface area contributed by atoms with E-state index < -0.39 is 0 Å². The lowest BCUT2D eigenvalue weighted by molar-refractivity contribution is 0.399. The Bertz CT molecular complexity index is 523. The molecule has 3 N–H and O–H groups in total. The van der Waals surface area contributed by atoms with E-state index in [1.165, 1.54) is 5.56 Å². The second kappa shape index (κ2) is 5.38. The summed E-state index contributed by atoms with van der Waals surface area (Å²) in [5, 5.41) is 6.59. The molecule has 0 fully saturated rings. The topological polar surface area (TPSA) is 50.9 Å². The van der Waals surface area contributed by atoms with Crippen LogP contribution in [0.2, 0.25) is 0 Å². The molecule has 0 aliphatic rings. The van der Waals surface area contributed by atoms with E-state index in [1.807, 2.05) is 23.7 Å². The van der Waals surface area contributed by atoms with Crippen LogP contribution in [0.3, 0.4) is 0 Å². The van der Waals surface area contributed by atoms with Crippen molar-refractivity contribution in [3.63, 3.8) is 0 Å². The highest BCUT2D eigenvalue weighted by Gasteiger charge is 2.22. The first-order valence-corrected chi connectivity index (χ1v) is 7.35. The summed E-state index contributed by atoms with van der Waals surface area (Å²) in [5.41, 5.74) is 7.67. The summed E-state index contributed by atoms with van der Waals surface area (Å²) in [6, 6.07) is 6.02. The highest BCUT2D eigenvalue weighted by Crippen LogP contribution is 2.24. The van der Waals surface area contributed by atoms with E-state index in [9.17, 15) is 0 Å². The fourth-order valence-electron chi connectivity index (χ4n) is 1.63. The maximum Gasteiger partial charge on any atom is 0.112 e. The number of hydrogen-bond donors (Lipinski definition) is 2. The molecule has 1 aromatic heterocycles. The molecule has 0 aliphatic carbocycles. The molecule has 2 aromatic rings. The van der Waals surface area contributed by atoms with E-state index in [0.29, 0.717) is 0 Å². The lowest BCUT2D eigenvalue weighted by atomic mass is 10.1. The standard InChI is InChI=1S/C13H16BrN3S/c1-13(2,12-16-5-6-18-12)17-8-9-3-4-10(14)11(15)7-9/h3-7,17H,8,15H2,1-2H3. The minimum absolute atomic E-state index is 0.129. The van der Waals surface area contributed by atoms with Crippen molar-refractivity contribution in [2.24, 2.45) is 0 Å². The summed E-state index contributed by atoms with van der Waals surface area (Å²) >= 11 is 5.06. The smallest absolute Gasteiger partial charge is 0.112 e. The number of nitrogens with zero attached hydrogens (tertiary/aromatic N) is 1. The molecule has 0 radical (unpaired) electrons. The van der Waals surface area contributed by atoms with E-state index in [-0.39, 0.29) is 5.54 Å². The number of aromatic nitrogens is 1. The third-order valence-corrected chi connectivity index (χ3v) is 4.58. The predicted octanol–water partition coefficient (Wildman–Crippen LogP) is 3.51.